The summed E-state index contributed by atoms with van der Waals surface area (Å²) in [5.74, 6) is -0.137. The van der Waals surface area contributed by atoms with E-state index in [2.05, 4.69) is 5.32 Å². The maximum absolute atomic E-state index is 11.8. The van der Waals surface area contributed by atoms with Gasteiger partial charge in [-0.05, 0) is 55.5 Å². The van der Waals surface area contributed by atoms with Crippen LogP contribution in [0.25, 0.3) is 6.08 Å². The first kappa shape index (κ1) is 15.4. The molecule has 3 nitrogen and oxygen atoms in total. The molecule has 0 saturated heterocycles. The van der Waals surface area contributed by atoms with Gasteiger partial charge in [0.15, 0.2) is 0 Å². The molecule has 0 radical (unpaired) electrons. The Bertz CT molecular complexity index is 488. The zero-order valence-electron chi connectivity index (χ0n) is 11.0. The Morgan fingerprint density at radius 3 is 2.35 bits per heavy atom. The third-order valence-corrected chi connectivity index (χ3v) is 3.79. The molecule has 0 aromatic heterocycles. The Hall–Kier alpha value is -1.03. The molecule has 0 spiro atoms. The quantitative estimate of drug-likeness (QED) is 0.840. The highest BCUT2D eigenvalue weighted by Gasteiger charge is 2.19. The van der Waals surface area contributed by atoms with Crippen LogP contribution in [-0.2, 0) is 4.79 Å². The Labute approximate surface area is 128 Å². The smallest absolute Gasteiger partial charge is 0.244 e. The van der Waals surface area contributed by atoms with Gasteiger partial charge in [-0.2, -0.15) is 0 Å². The van der Waals surface area contributed by atoms with E-state index < -0.39 is 0 Å². The van der Waals surface area contributed by atoms with Gasteiger partial charge in [0, 0.05) is 22.2 Å². The summed E-state index contributed by atoms with van der Waals surface area (Å²) in [6, 6.07) is 5.29. The van der Waals surface area contributed by atoms with Gasteiger partial charge in [-0.25, -0.2) is 0 Å². The molecule has 0 bridgehead atoms. The molecule has 108 valence electrons. The average molecular weight is 314 g/mol. The lowest BCUT2D eigenvalue weighted by Crippen LogP contribution is -2.37. The van der Waals surface area contributed by atoms with Crippen molar-refractivity contribution in [2.75, 3.05) is 0 Å². The number of rotatable bonds is 3. The number of aliphatic hydroxyl groups excluding tert-OH is 1. The van der Waals surface area contributed by atoms with Crippen molar-refractivity contribution < 1.29 is 9.90 Å². The van der Waals surface area contributed by atoms with E-state index in [1.165, 1.54) is 6.08 Å². The maximum Gasteiger partial charge on any atom is 0.244 e. The van der Waals surface area contributed by atoms with Crippen molar-refractivity contribution in [3.05, 3.63) is 39.9 Å². The topological polar surface area (TPSA) is 49.3 Å². The minimum absolute atomic E-state index is 0.137. The van der Waals surface area contributed by atoms with Crippen LogP contribution in [0, 0.1) is 0 Å². The molecular formula is C15H17Cl2NO2. The molecular weight excluding hydrogens is 297 g/mol. The van der Waals surface area contributed by atoms with Crippen LogP contribution in [0.15, 0.2) is 24.3 Å². The Balaban J connectivity index is 1.89. The molecule has 0 heterocycles. The van der Waals surface area contributed by atoms with Gasteiger partial charge in [-0.15, -0.1) is 0 Å². The molecule has 1 amide bonds. The van der Waals surface area contributed by atoms with Gasteiger partial charge in [-0.1, -0.05) is 23.2 Å². The van der Waals surface area contributed by atoms with E-state index >= 15 is 0 Å². The Morgan fingerprint density at radius 1 is 1.15 bits per heavy atom. The van der Waals surface area contributed by atoms with Crippen molar-refractivity contribution in [1.82, 2.24) is 5.32 Å². The summed E-state index contributed by atoms with van der Waals surface area (Å²) < 4.78 is 0. The second-order valence-electron chi connectivity index (χ2n) is 5.05. The molecule has 1 aliphatic rings. The Morgan fingerprint density at radius 2 is 1.75 bits per heavy atom. The van der Waals surface area contributed by atoms with Gasteiger partial charge in [0.05, 0.1) is 6.10 Å². The molecule has 0 unspecified atom stereocenters. The second kappa shape index (κ2) is 7.11. The van der Waals surface area contributed by atoms with Crippen molar-refractivity contribution in [1.29, 1.82) is 0 Å². The van der Waals surface area contributed by atoms with Crippen molar-refractivity contribution in [3.8, 4) is 0 Å². The number of hydrogen-bond acceptors (Lipinski definition) is 2. The predicted octanol–water partition coefficient (Wildman–Crippen LogP) is 3.43. The first-order valence-electron chi connectivity index (χ1n) is 6.65. The highest BCUT2D eigenvalue weighted by Crippen LogP contribution is 2.20. The fraction of sp³-hybridized carbons (Fsp3) is 0.400. The number of carbonyl (C=O) groups is 1. The molecule has 2 N–H and O–H groups in total. The summed E-state index contributed by atoms with van der Waals surface area (Å²) in [7, 11) is 0. The number of nitrogens with one attached hydrogen (secondary N) is 1. The maximum atomic E-state index is 11.8. The van der Waals surface area contributed by atoms with Crippen LogP contribution in [0.2, 0.25) is 10.0 Å². The van der Waals surface area contributed by atoms with Gasteiger partial charge in [0.25, 0.3) is 0 Å². The number of amides is 1. The van der Waals surface area contributed by atoms with E-state index in [0.717, 1.165) is 31.2 Å². The minimum atomic E-state index is -0.215. The summed E-state index contributed by atoms with van der Waals surface area (Å²) in [4.78, 5) is 11.8. The summed E-state index contributed by atoms with van der Waals surface area (Å²) >= 11 is 11.8. The van der Waals surface area contributed by atoms with Gasteiger partial charge < -0.3 is 10.4 Å². The van der Waals surface area contributed by atoms with Crippen LogP contribution >= 0.6 is 23.2 Å². The monoisotopic (exact) mass is 313 g/mol. The van der Waals surface area contributed by atoms with Gasteiger partial charge >= 0.3 is 0 Å². The molecule has 1 aromatic rings. The average Bonchev–Trinajstić information content (AvgIpc) is 2.38. The zero-order valence-corrected chi connectivity index (χ0v) is 12.5. The van der Waals surface area contributed by atoms with Crippen LogP contribution in [-0.4, -0.2) is 23.2 Å². The molecule has 20 heavy (non-hydrogen) atoms. The van der Waals surface area contributed by atoms with Crippen molar-refractivity contribution >= 4 is 35.2 Å². The van der Waals surface area contributed by atoms with Crippen molar-refractivity contribution in [2.24, 2.45) is 0 Å². The minimum Gasteiger partial charge on any atom is -0.393 e. The van der Waals surface area contributed by atoms with Crippen LogP contribution < -0.4 is 5.32 Å². The fourth-order valence-corrected chi connectivity index (χ4v) is 2.86. The largest absolute Gasteiger partial charge is 0.393 e. The summed E-state index contributed by atoms with van der Waals surface area (Å²) in [5.41, 5.74) is 0.789. The number of benzene rings is 1. The molecule has 1 aliphatic carbocycles. The predicted molar refractivity (Wildman–Crippen MR) is 81.9 cm³/mol. The first-order valence-corrected chi connectivity index (χ1v) is 7.41. The summed E-state index contributed by atoms with van der Waals surface area (Å²) in [5, 5.41) is 13.4. The third-order valence-electron chi connectivity index (χ3n) is 3.36. The van der Waals surface area contributed by atoms with E-state index in [1.54, 1.807) is 24.3 Å². The first-order chi connectivity index (χ1) is 9.52. The molecule has 1 saturated carbocycles. The highest BCUT2D eigenvalue weighted by atomic mass is 35.5. The SMILES string of the molecule is O=C(/C=C/c1cc(Cl)cc(Cl)c1)NC1CCC(O)CC1. The lowest BCUT2D eigenvalue weighted by Gasteiger charge is -2.25. The number of hydrogen-bond donors (Lipinski definition) is 2. The van der Waals surface area contributed by atoms with E-state index in [0.29, 0.717) is 10.0 Å². The van der Waals surface area contributed by atoms with Crippen molar-refractivity contribution in [2.45, 2.75) is 37.8 Å². The second-order valence-corrected chi connectivity index (χ2v) is 5.92. The zero-order chi connectivity index (χ0) is 14.5. The van der Waals surface area contributed by atoms with Crippen LogP contribution in [0.4, 0.5) is 0 Å². The normalized spacial score (nSPS) is 22.9. The summed E-state index contributed by atoms with van der Waals surface area (Å²) in [6.45, 7) is 0. The molecule has 1 fully saturated rings. The van der Waals surface area contributed by atoms with E-state index in [4.69, 9.17) is 23.2 Å². The lowest BCUT2D eigenvalue weighted by molar-refractivity contribution is -0.117. The van der Waals surface area contributed by atoms with Gasteiger partial charge in [-0.3, -0.25) is 4.79 Å². The van der Waals surface area contributed by atoms with Crippen LogP contribution in [0.1, 0.15) is 31.2 Å². The van der Waals surface area contributed by atoms with Gasteiger partial charge in [0.2, 0.25) is 5.91 Å². The number of aliphatic hydroxyl groups is 1. The molecule has 5 heteroatoms. The van der Waals surface area contributed by atoms with Gasteiger partial charge in [0.1, 0.15) is 0 Å². The van der Waals surface area contributed by atoms with E-state index in [-0.39, 0.29) is 18.1 Å². The van der Waals surface area contributed by atoms with Crippen LogP contribution in [0.5, 0.6) is 0 Å². The molecule has 0 atom stereocenters. The lowest BCUT2D eigenvalue weighted by atomic mass is 9.93. The number of carbonyl (C=O) groups excluding carboxylic acids is 1. The fourth-order valence-electron chi connectivity index (χ4n) is 2.31. The van der Waals surface area contributed by atoms with E-state index in [9.17, 15) is 9.90 Å². The molecule has 0 aliphatic heterocycles. The standard InChI is InChI=1S/C15H17Cl2NO2/c16-11-7-10(8-12(17)9-11)1-6-15(20)18-13-2-4-14(19)5-3-13/h1,6-9,13-14,19H,2-5H2,(H,18,20)/b6-1+. The van der Waals surface area contributed by atoms with Crippen LogP contribution in [0.3, 0.4) is 0 Å². The molecule has 2 rings (SSSR count). The molecule has 1 aromatic carbocycles. The third kappa shape index (κ3) is 4.82. The van der Waals surface area contributed by atoms with Crippen molar-refractivity contribution in [3.63, 3.8) is 0 Å². The number of halogens is 2. The summed E-state index contributed by atoms with van der Waals surface area (Å²) in [6.07, 6.45) is 6.09. The van der Waals surface area contributed by atoms with E-state index in [1.807, 2.05) is 0 Å². The highest BCUT2D eigenvalue weighted by molar-refractivity contribution is 6.34. The Kier molecular flexibility index (Phi) is 5.46.